The highest BCUT2D eigenvalue weighted by atomic mass is 16.6. The molecule has 0 saturated carbocycles. The van der Waals surface area contributed by atoms with Crippen LogP contribution in [0.3, 0.4) is 0 Å². The topological polar surface area (TPSA) is 88.4 Å². The van der Waals surface area contributed by atoms with E-state index in [0.717, 1.165) is 6.20 Å². The van der Waals surface area contributed by atoms with Gasteiger partial charge in [-0.1, -0.05) is 0 Å². The third-order valence-corrected chi connectivity index (χ3v) is 2.72. The number of nitrogens with zero attached hydrogens (tertiary/aromatic N) is 3. The first-order valence-electron chi connectivity index (χ1n) is 6.22. The van der Waals surface area contributed by atoms with Gasteiger partial charge in [0.1, 0.15) is 17.6 Å². The van der Waals surface area contributed by atoms with Gasteiger partial charge in [0.2, 0.25) is 0 Å². The van der Waals surface area contributed by atoms with E-state index in [9.17, 15) is 14.9 Å². The summed E-state index contributed by atoms with van der Waals surface area (Å²) in [5, 5.41) is 13.9. The Kier molecular flexibility index (Phi) is 5.23. The zero-order valence-electron chi connectivity index (χ0n) is 11.3. The van der Waals surface area contributed by atoms with Crippen molar-refractivity contribution in [1.29, 1.82) is 0 Å². The van der Waals surface area contributed by atoms with Crippen molar-refractivity contribution < 1.29 is 9.72 Å². The molecule has 0 fully saturated rings. The largest absolute Gasteiger partial charge is 0.370 e. The molecular formula is C12H18N4O3. The number of nitro groups is 1. The number of amides is 1. The molecule has 0 spiro atoms. The summed E-state index contributed by atoms with van der Waals surface area (Å²) in [6.07, 6.45) is 1.12. The van der Waals surface area contributed by atoms with Gasteiger partial charge in [-0.2, -0.15) is 0 Å². The van der Waals surface area contributed by atoms with Crippen LogP contribution in [0.15, 0.2) is 12.3 Å². The summed E-state index contributed by atoms with van der Waals surface area (Å²) < 4.78 is 0. The van der Waals surface area contributed by atoms with Crippen LogP contribution in [0.2, 0.25) is 0 Å². The van der Waals surface area contributed by atoms with Crippen molar-refractivity contribution in [3.05, 3.63) is 27.9 Å². The lowest BCUT2D eigenvalue weighted by Crippen LogP contribution is -2.31. The Hall–Kier alpha value is -2.18. The summed E-state index contributed by atoms with van der Waals surface area (Å²) in [5.74, 6) is 0.113. The highest BCUT2D eigenvalue weighted by Crippen LogP contribution is 2.22. The molecule has 1 heterocycles. The Balaban J connectivity index is 3.23. The molecule has 0 unspecified atom stereocenters. The minimum atomic E-state index is -0.584. The van der Waals surface area contributed by atoms with Crippen LogP contribution in [0.5, 0.6) is 0 Å². The number of hydrogen-bond donors (Lipinski definition) is 1. The van der Waals surface area contributed by atoms with E-state index in [1.165, 1.54) is 11.0 Å². The highest BCUT2D eigenvalue weighted by Gasteiger charge is 2.24. The van der Waals surface area contributed by atoms with Crippen LogP contribution in [0.4, 0.5) is 11.5 Å². The number of pyridine rings is 1. The van der Waals surface area contributed by atoms with Gasteiger partial charge in [0.15, 0.2) is 0 Å². The second kappa shape index (κ2) is 6.67. The lowest BCUT2D eigenvalue weighted by Gasteiger charge is -2.18. The molecule has 1 rings (SSSR count). The van der Waals surface area contributed by atoms with E-state index in [1.54, 1.807) is 0 Å². The number of nitrogens with one attached hydrogen (secondary N) is 1. The fourth-order valence-electron chi connectivity index (χ4n) is 1.72. The molecule has 0 bridgehead atoms. The third kappa shape index (κ3) is 3.40. The zero-order chi connectivity index (χ0) is 14.4. The number of aromatic nitrogens is 1. The van der Waals surface area contributed by atoms with E-state index < -0.39 is 4.92 Å². The number of carbonyl (C=O) groups is 1. The monoisotopic (exact) mass is 266 g/mol. The van der Waals surface area contributed by atoms with Gasteiger partial charge in [-0.25, -0.2) is 4.98 Å². The highest BCUT2D eigenvalue weighted by molar-refractivity contribution is 5.98. The van der Waals surface area contributed by atoms with E-state index >= 15 is 0 Å². The van der Waals surface area contributed by atoms with Crippen molar-refractivity contribution in [3.63, 3.8) is 0 Å². The first-order valence-corrected chi connectivity index (χ1v) is 6.22. The second-order valence-electron chi connectivity index (χ2n) is 3.85. The predicted molar refractivity (Wildman–Crippen MR) is 72.3 cm³/mol. The van der Waals surface area contributed by atoms with Crippen molar-refractivity contribution in [1.82, 2.24) is 9.88 Å². The van der Waals surface area contributed by atoms with Gasteiger partial charge in [-0.05, 0) is 20.8 Å². The molecule has 1 aromatic heterocycles. The van der Waals surface area contributed by atoms with Crippen molar-refractivity contribution >= 4 is 17.4 Å². The molecule has 0 radical (unpaired) electrons. The van der Waals surface area contributed by atoms with Crippen LogP contribution < -0.4 is 5.32 Å². The Morgan fingerprint density at radius 2 is 2.05 bits per heavy atom. The van der Waals surface area contributed by atoms with Gasteiger partial charge in [0.25, 0.3) is 11.6 Å². The van der Waals surface area contributed by atoms with Gasteiger partial charge in [0.05, 0.1) is 4.92 Å². The minimum absolute atomic E-state index is 0.0691. The number of carbonyl (C=O) groups excluding carboxylic acids is 1. The summed E-state index contributed by atoms with van der Waals surface area (Å²) in [5.41, 5.74) is -0.196. The fraction of sp³-hybridized carbons (Fsp3) is 0.500. The van der Waals surface area contributed by atoms with Gasteiger partial charge in [0, 0.05) is 25.7 Å². The lowest BCUT2D eigenvalue weighted by atomic mass is 10.2. The van der Waals surface area contributed by atoms with Crippen molar-refractivity contribution in [2.75, 3.05) is 25.0 Å². The molecule has 0 atom stereocenters. The predicted octanol–water partition coefficient (Wildman–Crippen LogP) is 1.90. The molecule has 104 valence electrons. The van der Waals surface area contributed by atoms with E-state index in [2.05, 4.69) is 10.3 Å². The van der Waals surface area contributed by atoms with Gasteiger partial charge in [-0.3, -0.25) is 14.9 Å². The summed E-state index contributed by atoms with van der Waals surface area (Å²) in [6, 6.07) is 1.43. The molecule has 7 heteroatoms. The molecule has 0 saturated heterocycles. The van der Waals surface area contributed by atoms with Gasteiger partial charge in [-0.15, -0.1) is 0 Å². The van der Waals surface area contributed by atoms with E-state index in [1.807, 2.05) is 20.8 Å². The van der Waals surface area contributed by atoms with Crippen LogP contribution in [0, 0.1) is 10.1 Å². The fourth-order valence-corrected chi connectivity index (χ4v) is 1.72. The molecule has 1 aromatic rings. The molecule has 1 N–H and O–H groups in total. The number of rotatable bonds is 6. The first-order chi connectivity index (χ1) is 9.04. The molecule has 7 nitrogen and oxygen atoms in total. The third-order valence-electron chi connectivity index (χ3n) is 2.72. The Bertz CT molecular complexity index is 472. The number of anilines is 1. The first kappa shape index (κ1) is 14.9. The van der Waals surface area contributed by atoms with Crippen LogP contribution >= 0.6 is 0 Å². The molecule has 0 aromatic carbocycles. The standard InChI is InChI=1S/C12H18N4O3/c1-4-13-11-7-9(10(8-14-11)16(18)19)12(17)15(5-2)6-3/h7-8H,4-6H2,1-3H3,(H,13,14). The maximum absolute atomic E-state index is 12.3. The van der Waals surface area contributed by atoms with E-state index in [4.69, 9.17) is 0 Å². The second-order valence-corrected chi connectivity index (χ2v) is 3.85. The zero-order valence-corrected chi connectivity index (χ0v) is 11.3. The summed E-state index contributed by atoms with van der Waals surface area (Å²) in [4.78, 5) is 28.1. The minimum Gasteiger partial charge on any atom is -0.370 e. The quantitative estimate of drug-likeness (QED) is 0.627. The van der Waals surface area contributed by atoms with E-state index in [0.29, 0.717) is 25.5 Å². The smallest absolute Gasteiger partial charge is 0.300 e. The Labute approximate surface area is 111 Å². The Morgan fingerprint density at radius 1 is 1.42 bits per heavy atom. The summed E-state index contributed by atoms with van der Waals surface area (Å²) >= 11 is 0. The SMILES string of the molecule is CCNc1cc(C(=O)N(CC)CC)c([N+](=O)[O-])cn1. The molecule has 0 aliphatic rings. The molecular weight excluding hydrogens is 248 g/mol. The summed E-state index contributed by atoms with van der Waals surface area (Å²) in [6.45, 7) is 7.19. The normalized spacial score (nSPS) is 10.1. The van der Waals surface area contributed by atoms with Crippen LogP contribution in [-0.2, 0) is 0 Å². The van der Waals surface area contributed by atoms with Crippen LogP contribution in [-0.4, -0.2) is 40.3 Å². The van der Waals surface area contributed by atoms with E-state index in [-0.39, 0.29) is 17.2 Å². The van der Waals surface area contributed by atoms with Crippen LogP contribution in [0.1, 0.15) is 31.1 Å². The van der Waals surface area contributed by atoms with Crippen molar-refractivity contribution in [2.24, 2.45) is 0 Å². The molecule has 0 aliphatic heterocycles. The van der Waals surface area contributed by atoms with Gasteiger partial charge < -0.3 is 10.2 Å². The summed E-state index contributed by atoms with van der Waals surface area (Å²) in [7, 11) is 0. The molecule has 0 aliphatic carbocycles. The average molecular weight is 266 g/mol. The average Bonchev–Trinajstić information content (AvgIpc) is 2.40. The Morgan fingerprint density at radius 3 is 2.53 bits per heavy atom. The van der Waals surface area contributed by atoms with Crippen LogP contribution in [0.25, 0.3) is 0 Å². The molecule has 19 heavy (non-hydrogen) atoms. The molecule has 1 amide bonds. The van der Waals surface area contributed by atoms with Crippen molar-refractivity contribution in [2.45, 2.75) is 20.8 Å². The van der Waals surface area contributed by atoms with Gasteiger partial charge >= 0.3 is 0 Å². The number of hydrogen-bond acceptors (Lipinski definition) is 5. The maximum Gasteiger partial charge on any atom is 0.300 e. The van der Waals surface area contributed by atoms with Crippen molar-refractivity contribution in [3.8, 4) is 0 Å². The lowest BCUT2D eigenvalue weighted by molar-refractivity contribution is -0.385. The maximum atomic E-state index is 12.3.